The molecule has 0 saturated carbocycles. The minimum atomic E-state index is 0.626. The molecule has 1 aliphatic rings. The normalized spacial score (nSPS) is 17.8. The third-order valence-corrected chi connectivity index (χ3v) is 4.32. The van der Waals surface area contributed by atoms with E-state index < -0.39 is 0 Å². The van der Waals surface area contributed by atoms with Gasteiger partial charge in [0.15, 0.2) is 0 Å². The fourth-order valence-corrected chi connectivity index (χ4v) is 2.86. The first-order valence-corrected chi connectivity index (χ1v) is 8.22. The van der Waals surface area contributed by atoms with E-state index in [0.717, 1.165) is 6.54 Å². The van der Waals surface area contributed by atoms with Crippen LogP contribution >= 0.6 is 0 Å². The molecule has 20 heavy (non-hydrogen) atoms. The summed E-state index contributed by atoms with van der Waals surface area (Å²) in [5, 5.41) is 0. The van der Waals surface area contributed by atoms with Crippen molar-refractivity contribution >= 4 is 0 Å². The molecule has 0 atom stereocenters. The molecule has 0 N–H and O–H groups in total. The van der Waals surface area contributed by atoms with Crippen molar-refractivity contribution in [2.24, 2.45) is 0 Å². The van der Waals surface area contributed by atoms with E-state index in [0.29, 0.717) is 5.92 Å². The maximum atomic E-state index is 2.62. The summed E-state index contributed by atoms with van der Waals surface area (Å²) >= 11 is 0. The minimum Gasteiger partial charge on any atom is -0.301 e. The minimum absolute atomic E-state index is 0.626. The first-order chi connectivity index (χ1) is 9.69. The summed E-state index contributed by atoms with van der Waals surface area (Å²) in [5.74, 6) is 0.626. The second-order valence-corrected chi connectivity index (χ2v) is 6.37. The Hall–Kier alpha value is -0.860. The van der Waals surface area contributed by atoms with Crippen molar-refractivity contribution in [2.75, 3.05) is 32.7 Å². The van der Waals surface area contributed by atoms with Gasteiger partial charge in [-0.05, 0) is 30.0 Å². The summed E-state index contributed by atoms with van der Waals surface area (Å²) in [4.78, 5) is 5.21. The summed E-state index contributed by atoms with van der Waals surface area (Å²) in [7, 11) is 0. The SMILES string of the molecule is CCCCN1CCN(Cc2cccc(C(C)C)c2)CC1. The van der Waals surface area contributed by atoms with Crippen molar-refractivity contribution in [1.82, 2.24) is 9.80 Å². The molecule has 0 aliphatic carbocycles. The second kappa shape index (κ2) is 7.80. The van der Waals surface area contributed by atoms with E-state index in [1.165, 1.54) is 56.7 Å². The van der Waals surface area contributed by atoms with E-state index in [1.807, 2.05) is 0 Å². The van der Waals surface area contributed by atoms with Gasteiger partial charge in [-0.1, -0.05) is 51.5 Å². The molecule has 0 aromatic heterocycles. The summed E-state index contributed by atoms with van der Waals surface area (Å²) in [5.41, 5.74) is 2.93. The predicted molar refractivity (Wildman–Crippen MR) is 87.2 cm³/mol. The highest BCUT2D eigenvalue weighted by molar-refractivity contribution is 5.25. The number of piperazine rings is 1. The molecule has 0 bridgehead atoms. The quantitative estimate of drug-likeness (QED) is 0.780. The Labute approximate surface area is 124 Å². The van der Waals surface area contributed by atoms with Gasteiger partial charge in [0.05, 0.1) is 0 Å². The molecule has 0 unspecified atom stereocenters. The van der Waals surface area contributed by atoms with Crippen LogP contribution in [0.5, 0.6) is 0 Å². The highest BCUT2D eigenvalue weighted by Gasteiger charge is 2.16. The molecular formula is C18H30N2. The molecule has 0 amide bonds. The highest BCUT2D eigenvalue weighted by Crippen LogP contribution is 2.17. The Morgan fingerprint density at radius 3 is 2.40 bits per heavy atom. The molecule has 1 fully saturated rings. The Bertz CT molecular complexity index is 392. The largest absolute Gasteiger partial charge is 0.301 e. The number of rotatable bonds is 6. The molecule has 2 nitrogen and oxygen atoms in total. The van der Waals surface area contributed by atoms with E-state index in [-0.39, 0.29) is 0 Å². The van der Waals surface area contributed by atoms with E-state index in [1.54, 1.807) is 0 Å². The summed E-state index contributed by atoms with van der Waals surface area (Å²) in [6, 6.07) is 9.11. The predicted octanol–water partition coefficient (Wildman–Crippen LogP) is 3.73. The Balaban J connectivity index is 1.82. The lowest BCUT2D eigenvalue weighted by atomic mass is 10.0. The zero-order valence-electron chi connectivity index (χ0n) is 13.4. The number of hydrogen-bond acceptors (Lipinski definition) is 2. The number of nitrogens with zero attached hydrogens (tertiary/aromatic N) is 2. The smallest absolute Gasteiger partial charge is 0.0234 e. The van der Waals surface area contributed by atoms with Crippen molar-refractivity contribution in [2.45, 2.75) is 46.1 Å². The van der Waals surface area contributed by atoms with Crippen molar-refractivity contribution in [3.05, 3.63) is 35.4 Å². The topological polar surface area (TPSA) is 6.48 Å². The van der Waals surface area contributed by atoms with Crippen molar-refractivity contribution in [1.29, 1.82) is 0 Å². The molecule has 1 aliphatic heterocycles. The standard InChI is InChI=1S/C18H30N2/c1-4-5-9-19-10-12-20(13-11-19)15-17-7-6-8-18(14-17)16(2)3/h6-8,14,16H,4-5,9-13,15H2,1-3H3. The van der Waals surface area contributed by atoms with Gasteiger partial charge in [0.25, 0.3) is 0 Å². The summed E-state index contributed by atoms with van der Waals surface area (Å²) in [6.45, 7) is 14.1. The highest BCUT2D eigenvalue weighted by atomic mass is 15.3. The molecule has 1 aromatic rings. The van der Waals surface area contributed by atoms with Gasteiger partial charge in [-0.15, -0.1) is 0 Å². The van der Waals surface area contributed by atoms with Crippen LogP contribution in [0.25, 0.3) is 0 Å². The van der Waals surface area contributed by atoms with Crippen LogP contribution in [0.2, 0.25) is 0 Å². The monoisotopic (exact) mass is 274 g/mol. The van der Waals surface area contributed by atoms with Crippen LogP contribution in [0.4, 0.5) is 0 Å². The third kappa shape index (κ3) is 4.60. The van der Waals surface area contributed by atoms with Crippen LogP contribution in [-0.2, 0) is 6.54 Å². The number of unbranched alkanes of at least 4 members (excludes halogenated alkanes) is 1. The van der Waals surface area contributed by atoms with Gasteiger partial charge in [-0.3, -0.25) is 4.90 Å². The zero-order valence-corrected chi connectivity index (χ0v) is 13.4. The first kappa shape index (κ1) is 15.5. The van der Waals surface area contributed by atoms with E-state index in [2.05, 4.69) is 54.8 Å². The van der Waals surface area contributed by atoms with Crippen molar-refractivity contribution in [3.63, 3.8) is 0 Å². The average molecular weight is 274 g/mol. The fraction of sp³-hybridized carbons (Fsp3) is 0.667. The molecule has 0 radical (unpaired) electrons. The van der Waals surface area contributed by atoms with Gasteiger partial charge in [-0.25, -0.2) is 0 Å². The number of benzene rings is 1. The maximum absolute atomic E-state index is 2.62. The van der Waals surface area contributed by atoms with Crippen LogP contribution < -0.4 is 0 Å². The van der Waals surface area contributed by atoms with Crippen molar-refractivity contribution < 1.29 is 0 Å². The van der Waals surface area contributed by atoms with Crippen LogP contribution in [0.1, 0.15) is 50.7 Å². The maximum Gasteiger partial charge on any atom is 0.0234 e. The van der Waals surface area contributed by atoms with Gasteiger partial charge in [0.1, 0.15) is 0 Å². The molecule has 2 rings (SSSR count). The number of hydrogen-bond donors (Lipinski definition) is 0. The molecule has 1 saturated heterocycles. The lowest BCUT2D eigenvalue weighted by Crippen LogP contribution is -2.46. The van der Waals surface area contributed by atoms with Crippen LogP contribution in [0, 0.1) is 0 Å². The van der Waals surface area contributed by atoms with Gasteiger partial charge < -0.3 is 4.90 Å². The first-order valence-electron chi connectivity index (χ1n) is 8.22. The van der Waals surface area contributed by atoms with E-state index in [9.17, 15) is 0 Å². The summed E-state index contributed by atoms with van der Waals surface area (Å²) in [6.07, 6.45) is 2.65. The lowest BCUT2D eigenvalue weighted by molar-refractivity contribution is 0.126. The second-order valence-electron chi connectivity index (χ2n) is 6.37. The Morgan fingerprint density at radius 1 is 1.05 bits per heavy atom. The Kier molecular flexibility index (Phi) is 6.06. The van der Waals surface area contributed by atoms with Crippen molar-refractivity contribution in [3.8, 4) is 0 Å². The Morgan fingerprint density at radius 2 is 1.75 bits per heavy atom. The molecule has 112 valence electrons. The molecule has 2 heteroatoms. The molecular weight excluding hydrogens is 244 g/mol. The molecule has 1 heterocycles. The van der Waals surface area contributed by atoms with Crippen LogP contribution in [0.3, 0.4) is 0 Å². The zero-order chi connectivity index (χ0) is 14.4. The van der Waals surface area contributed by atoms with Gasteiger partial charge >= 0.3 is 0 Å². The van der Waals surface area contributed by atoms with E-state index >= 15 is 0 Å². The van der Waals surface area contributed by atoms with Crippen LogP contribution in [-0.4, -0.2) is 42.5 Å². The van der Waals surface area contributed by atoms with Gasteiger partial charge in [-0.2, -0.15) is 0 Å². The fourth-order valence-electron chi connectivity index (χ4n) is 2.86. The van der Waals surface area contributed by atoms with E-state index in [4.69, 9.17) is 0 Å². The molecule has 0 spiro atoms. The van der Waals surface area contributed by atoms with Gasteiger partial charge in [0.2, 0.25) is 0 Å². The average Bonchev–Trinajstić information content (AvgIpc) is 2.47. The van der Waals surface area contributed by atoms with Gasteiger partial charge in [0, 0.05) is 32.7 Å². The summed E-state index contributed by atoms with van der Waals surface area (Å²) < 4.78 is 0. The van der Waals surface area contributed by atoms with Crippen LogP contribution in [0.15, 0.2) is 24.3 Å². The third-order valence-electron chi connectivity index (χ3n) is 4.32. The lowest BCUT2D eigenvalue weighted by Gasteiger charge is -2.34. The molecule has 1 aromatic carbocycles.